The molecule has 26 heavy (non-hydrogen) atoms. The third kappa shape index (κ3) is 17.3. The monoisotopic (exact) mass is 360 g/mol. The fourth-order valence-electron chi connectivity index (χ4n) is 2.75. The van der Waals surface area contributed by atoms with Crippen molar-refractivity contribution in [3.05, 3.63) is 60.9 Å². The molecule has 0 aromatic rings. The predicted molar refractivity (Wildman–Crippen MR) is 115 cm³/mol. The maximum absolute atomic E-state index is 9.94. The Labute approximate surface area is 161 Å². The van der Waals surface area contributed by atoms with E-state index in [2.05, 4.69) is 13.5 Å². The van der Waals surface area contributed by atoms with Crippen LogP contribution in [0.15, 0.2) is 60.9 Å². The summed E-state index contributed by atoms with van der Waals surface area (Å²) >= 11 is 0. The molecule has 0 fully saturated rings. The van der Waals surface area contributed by atoms with Gasteiger partial charge in [-0.2, -0.15) is 0 Å². The fraction of sp³-hybridized carbons (Fsp3) is 0.583. The first kappa shape index (κ1) is 24.5. The minimum atomic E-state index is -0.747. The Morgan fingerprint density at radius 1 is 0.731 bits per heavy atom. The summed E-state index contributed by atoms with van der Waals surface area (Å²) in [7, 11) is 0. The maximum Gasteiger partial charge on any atom is 0.121 e. The highest BCUT2D eigenvalue weighted by Gasteiger charge is 2.07. The van der Waals surface area contributed by atoms with E-state index in [0.717, 1.165) is 12.8 Å². The van der Waals surface area contributed by atoms with E-state index in [1.807, 2.05) is 30.4 Å². The summed E-state index contributed by atoms with van der Waals surface area (Å²) in [6, 6.07) is 0. The third-order valence-electron chi connectivity index (χ3n) is 4.38. The zero-order chi connectivity index (χ0) is 19.3. The van der Waals surface area contributed by atoms with Gasteiger partial charge >= 0.3 is 0 Å². The van der Waals surface area contributed by atoms with Crippen LogP contribution in [-0.4, -0.2) is 16.3 Å². The summed E-state index contributed by atoms with van der Waals surface area (Å²) in [5.74, 6) is 0.0448. The Hall–Kier alpha value is -1.54. The van der Waals surface area contributed by atoms with Gasteiger partial charge in [-0.05, 0) is 12.5 Å². The quantitative estimate of drug-likeness (QED) is 0.162. The summed E-state index contributed by atoms with van der Waals surface area (Å²) in [5.41, 5.74) is 0. The molecule has 0 bridgehead atoms. The molecule has 2 N–H and O–H groups in total. The first-order valence-electron chi connectivity index (χ1n) is 10.4. The highest BCUT2D eigenvalue weighted by molar-refractivity contribution is 5.18. The first-order chi connectivity index (χ1) is 12.7. The van der Waals surface area contributed by atoms with Gasteiger partial charge in [-0.15, -0.1) is 0 Å². The molecule has 0 aliphatic rings. The average molecular weight is 361 g/mol. The van der Waals surface area contributed by atoms with E-state index in [1.165, 1.54) is 57.8 Å². The van der Waals surface area contributed by atoms with Gasteiger partial charge in [0.15, 0.2) is 0 Å². The van der Waals surface area contributed by atoms with Gasteiger partial charge in [0.2, 0.25) is 0 Å². The normalized spacial score (nSPS) is 14.0. The Morgan fingerprint density at radius 3 is 1.73 bits per heavy atom. The van der Waals surface area contributed by atoms with E-state index in [9.17, 15) is 10.2 Å². The lowest BCUT2D eigenvalue weighted by Gasteiger charge is -2.09. The third-order valence-corrected chi connectivity index (χ3v) is 4.38. The molecule has 0 saturated heterocycles. The van der Waals surface area contributed by atoms with Crippen LogP contribution in [0.4, 0.5) is 0 Å². The van der Waals surface area contributed by atoms with Gasteiger partial charge < -0.3 is 10.2 Å². The van der Waals surface area contributed by atoms with Gasteiger partial charge in [-0.1, -0.05) is 127 Å². The highest BCUT2D eigenvalue weighted by atomic mass is 16.3. The summed E-state index contributed by atoms with van der Waals surface area (Å²) in [4.78, 5) is 0. The SMILES string of the molecule is C=CC=CC=CC=CC=C(O)C(O)CCCCCCCCCCCCC. The number of allylic oxidation sites excluding steroid dienone is 8. The molecule has 2 nitrogen and oxygen atoms in total. The zero-order valence-corrected chi connectivity index (χ0v) is 16.8. The van der Waals surface area contributed by atoms with E-state index in [1.54, 1.807) is 18.2 Å². The number of unbranched alkanes of at least 4 members (excludes halogenated alkanes) is 10. The molecule has 0 amide bonds. The molecule has 0 aromatic heterocycles. The molecule has 0 spiro atoms. The molecular weight excluding hydrogens is 320 g/mol. The molecule has 148 valence electrons. The molecule has 0 radical (unpaired) electrons. The standard InChI is InChI=1S/C24H40O2/c1-3-5-7-9-11-12-13-14-16-18-20-22-24(26)23(25)21-19-17-15-10-8-6-4-2/h4,6,8,10,15,17,19,21,24-26H,2-3,5,7,9,11-14,16,18,20,22H2,1H3. The molecular formula is C24H40O2. The minimum absolute atomic E-state index is 0.0448. The second kappa shape index (κ2) is 19.8. The van der Waals surface area contributed by atoms with Crippen molar-refractivity contribution in [1.82, 2.24) is 0 Å². The molecule has 1 atom stereocenters. The smallest absolute Gasteiger partial charge is 0.121 e. The van der Waals surface area contributed by atoms with Crippen molar-refractivity contribution < 1.29 is 10.2 Å². The minimum Gasteiger partial charge on any atom is -0.510 e. The molecule has 0 heterocycles. The maximum atomic E-state index is 9.94. The lowest BCUT2D eigenvalue weighted by Crippen LogP contribution is -2.09. The second-order valence-corrected chi connectivity index (χ2v) is 6.82. The van der Waals surface area contributed by atoms with Crippen molar-refractivity contribution in [2.75, 3.05) is 0 Å². The van der Waals surface area contributed by atoms with Crippen LogP contribution >= 0.6 is 0 Å². The largest absolute Gasteiger partial charge is 0.510 e. The lowest BCUT2D eigenvalue weighted by molar-refractivity contribution is 0.141. The molecule has 0 aliphatic carbocycles. The van der Waals surface area contributed by atoms with Gasteiger partial charge in [0.05, 0.1) is 0 Å². The van der Waals surface area contributed by atoms with Crippen LogP contribution in [-0.2, 0) is 0 Å². The van der Waals surface area contributed by atoms with E-state index in [4.69, 9.17) is 0 Å². The number of hydrogen-bond donors (Lipinski definition) is 2. The van der Waals surface area contributed by atoms with Crippen LogP contribution in [0.1, 0.15) is 84.0 Å². The van der Waals surface area contributed by atoms with E-state index in [0.29, 0.717) is 6.42 Å². The van der Waals surface area contributed by atoms with Crippen LogP contribution in [0.5, 0.6) is 0 Å². The number of aliphatic hydroxyl groups excluding tert-OH is 2. The second-order valence-electron chi connectivity index (χ2n) is 6.82. The van der Waals surface area contributed by atoms with Crippen molar-refractivity contribution in [1.29, 1.82) is 0 Å². The van der Waals surface area contributed by atoms with E-state index < -0.39 is 6.10 Å². The van der Waals surface area contributed by atoms with Crippen molar-refractivity contribution in [2.24, 2.45) is 0 Å². The molecule has 2 heteroatoms. The highest BCUT2D eigenvalue weighted by Crippen LogP contribution is 2.14. The molecule has 0 aromatic carbocycles. The van der Waals surface area contributed by atoms with Crippen molar-refractivity contribution in [3.63, 3.8) is 0 Å². The van der Waals surface area contributed by atoms with Gasteiger partial charge in [0.1, 0.15) is 11.9 Å². The predicted octanol–water partition coefficient (Wildman–Crippen LogP) is 7.34. The van der Waals surface area contributed by atoms with Crippen molar-refractivity contribution in [3.8, 4) is 0 Å². The van der Waals surface area contributed by atoms with Gasteiger partial charge in [0.25, 0.3) is 0 Å². The van der Waals surface area contributed by atoms with E-state index >= 15 is 0 Å². The fourth-order valence-corrected chi connectivity index (χ4v) is 2.75. The van der Waals surface area contributed by atoms with E-state index in [-0.39, 0.29) is 5.76 Å². The number of rotatable bonds is 17. The first-order valence-corrected chi connectivity index (χ1v) is 10.4. The van der Waals surface area contributed by atoms with Crippen LogP contribution in [0.3, 0.4) is 0 Å². The number of aliphatic hydroxyl groups is 2. The van der Waals surface area contributed by atoms with Gasteiger partial charge in [-0.25, -0.2) is 0 Å². The Morgan fingerprint density at radius 2 is 1.19 bits per heavy atom. The Balaban J connectivity index is 3.62. The molecule has 0 aliphatic heterocycles. The van der Waals surface area contributed by atoms with Crippen LogP contribution in [0.25, 0.3) is 0 Å². The van der Waals surface area contributed by atoms with Crippen molar-refractivity contribution in [2.45, 2.75) is 90.1 Å². The zero-order valence-electron chi connectivity index (χ0n) is 16.8. The summed E-state index contributed by atoms with van der Waals surface area (Å²) in [6.45, 7) is 5.84. The lowest BCUT2D eigenvalue weighted by atomic mass is 10.0. The van der Waals surface area contributed by atoms with Crippen molar-refractivity contribution >= 4 is 0 Å². The van der Waals surface area contributed by atoms with Crippen LogP contribution in [0.2, 0.25) is 0 Å². The molecule has 1 unspecified atom stereocenters. The summed E-state index contributed by atoms with van der Waals surface area (Å²) in [5, 5.41) is 19.8. The molecule has 0 saturated carbocycles. The molecule has 0 rings (SSSR count). The van der Waals surface area contributed by atoms with Gasteiger partial charge in [0, 0.05) is 0 Å². The average Bonchev–Trinajstić information content (AvgIpc) is 2.65. The summed E-state index contributed by atoms with van der Waals surface area (Å²) in [6.07, 6.45) is 28.3. The topological polar surface area (TPSA) is 40.5 Å². The summed E-state index contributed by atoms with van der Waals surface area (Å²) < 4.78 is 0. The van der Waals surface area contributed by atoms with Gasteiger partial charge in [-0.3, -0.25) is 0 Å². The Kier molecular flexibility index (Phi) is 18.6. The van der Waals surface area contributed by atoms with Crippen LogP contribution < -0.4 is 0 Å². The Bertz CT molecular complexity index is 429. The van der Waals surface area contributed by atoms with Crippen LogP contribution in [0, 0.1) is 0 Å². The number of hydrogen-bond acceptors (Lipinski definition) is 2.